The highest BCUT2D eigenvalue weighted by Gasteiger charge is 2.26. The lowest BCUT2D eigenvalue weighted by atomic mass is 10.2. The first-order valence-corrected chi connectivity index (χ1v) is 10.6. The Bertz CT molecular complexity index is 1160. The Morgan fingerprint density at radius 1 is 0.767 bits per heavy atom. The van der Waals surface area contributed by atoms with Crippen LogP contribution in [0.4, 0.5) is 5.69 Å². The van der Waals surface area contributed by atoms with Crippen LogP contribution in [-0.2, 0) is 9.84 Å². The summed E-state index contributed by atoms with van der Waals surface area (Å²) >= 11 is 0. The fraction of sp³-hybridized carbons (Fsp3) is 0.0455. The standard InChI is InChI=1S/C22H20N4O3S/c1-17(23-25-21(27)18-11-5-2-6-12-18)22(26-24-19-13-7-3-8-14-19)30(28,29)20-15-9-4-10-16-20/h2-16,24H,1H3,(H,25,27)/b23-17+,26-22-. The first-order chi connectivity index (χ1) is 14.5. The van der Waals surface area contributed by atoms with Crippen LogP contribution in [0.5, 0.6) is 0 Å². The average Bonchev–Trinajstić information content (AvgIpc) is 2.79. The molecule has 0 aromatic heterocycles. The van der Waals surface area contributed by atoms with Gasteiger partial charge in [0, 0.05) is 5.56 Å². The number of carbonyl (C=O) groups is 1. The Kier molecular flexibility index (Phi) is 6.71. The van der Waals surface area contributed by atoms with Gasteiger partial charge in [-0.05, 0) is 43.3 Å². The van der Waals surface area contributed by atoms with Gasteiger partial charge in [-0.3, -0.25) is 10.2 Å². The minimum atomic E-state index is -3.98. The van der Waals surface area contributed by atoms with E-state index in [0.717, 1.165) is 0 Å². The SMILES string of the molecule is CC(=N\NC(=O)c1ccccc1)/C(=N/Nc1ccccc1)S(=O)(=O)c1ccccc1. The minimum absolute atomic E-state index is 0.0339. The summed E-state index contributed by atoms with van der Waals surface area (Å²) in [6, 6.07) is 25.3. The summed E-state index contributed by atoms with van der Waals surface area (Å²) in [7, 11) is -3.98. The smallest absolute Gasteiger partial charge is 0.271 e. The highest BCUT2D eigenvalue weighted by Crippen LogP contribution is 2.14. The summed E-state index contributed by atoms with van der Waals surface area (Å²) in [6.45, 7) is 1.47. The van der Waals surface area contributed by atoms with Crippen molar-refractivity contribution in [3.05, 3.63) is 96.6 Å². The van der Waals surface area contributed by atoms with Crippen molar-refractivity contribution in [2.75, 3.05) is 5.43 Å². The van der Waals surface area contributed by atoms with Crippen LogP contribution in [0, 0.1) is 0 Å². The lowest BCUT2D eigenvalue weighted by molar-refractivity contribution is 0.0955. The molecule has 0 unspecified atom stereocenters. The van der Waals surface area contributed by atoms with E-state index < -0.39 is 15.7 Å². The van der Waals surface area contributed by atoms with Crippen LogP contribution in [0.3, 0.4) is 0 Å². The van der Waals surface area contributed by atoms with Crippen LogP contribution in [0.25, 0.3) is 0 Å². The van der Waals surface area contributed by atoms with Gasteiger partial charge in [-0.1, -0.05) is 54.6 Å². The van der Waals surface area contributed by atoms with E-state index in [1.807, 2.05) is 6.07 Å². The Morgan fingerprint density at radius 2 is 1.30 bits per heavy atom. The van der Waals surface area contributed by atoms with E-state index in [9.17, 15) is 13.2 Å². The fourth-order valence-electron chi connectivity index (χ4n) is 2.51. The maximum atomic E-state index is 13.1. The van der Waals surface area contributed by atoms with E-state index in [0.29, 0.717) is 11.3 Å². The predicted molar refractivity (Wildman–Crippen MR) is 118 cm³/mol. The van der Waals surface area contributed by atoms with Crippen molar-refractivity contribution < 1.29 is 13.2 Å². The first-order valence-electron chi connectivity index (χ1n) is 9.07. The van der Waals surface area contributed by atoms with E-state index in [1.54, 1.807) is 72.8 Å². The lowest BCUT2D eigenvalue weighted by Gasteiger charge is -2.09. The van der Waals surface area contributed by atoms with Gasteiger partial charge < -0.3 is 0 Å². The van der Waals surface area contributed by atoms with Crippen LogP contribution in [-0.4, -0.2) is 25.1 Å². The molecule has 0 fully saturated rings. The van der Waals surface area contributed by atoms with Gasteiger partial charge >= 0.3 is 0 Å². The molecular weight excluding hydrogens is 400 g/mol. The molecule has 0 aliphatic rings. The van der Waals surface area contributed by atoms with Crippen LogP contribution in [0.2, 0.25) is 0 Å². The second kappa shape index (κ2) is 9.62. The number of rotatable bonds is 6. The van der Waals surface area contributed by atoms with Gasteiger partial charge in [0.2, 0.25) is 14.9 Å². The zero-order valence-electron chi connectivity index (χ0n) is 16.2. The molecule has 0 spiro atoms. The van der Waals surface area contributed by atoms with Gasteiger partial charge in [0.15, 0.2) is 0 Å². The molecule has 0 aliphatic heterocycles. The van der Waals surface area contributed by atoms with Crippen molar-refractivity contribution >= 4 is 32.2 Å². The van der Waals surface area contributed by atoms with Gasteiger partial charge in [0.1, 0.15) is 0 Å². The number of nitrogens with zero attached hydrogens (tertiary/aromatic N) is 2. The Balaban J connectivity index is 1.93. The largest absolute Gasteiger partial charge is 0.277 e. The van der Waals surface area contributed by atoms with Gasteiger partial charge in [-0.15, -0.1) is 0 Å². The van der Waals surface area contributed by atoms with Crippen LogP contribution < -0.4 is 10.9 Å². The molecule has 0 atom stereocenters. The number of carbonyl (C=O) groups excluding carboxylic acids is 1. The van der Waals surface area contributed by atoms with E-state index in [4.69, 9.17) is 0 Å². The second-order valence-corrected chi connectivity index (χ2v) is 8.08. The minimum Gasteiger partial charge on any atom is -0.277 e. The van der Waals surface area contributed by atoms with E-state index in [-0.39, 0.29) is 15.7 Å². The third-order valence-corrected chi connectivity index (χ3v) is 5.83. The van der Waals surface area contributed by atoms with Crippen molar-refractivity contribution in [1.82, 2.24) is 5.43 Å². The molecule has 0 bridgehead atoms. The topological polar surface area (TPSA) is 100.0 Å². The van der Waals surface area contributed by atoms with Crippen LogP contribution in [0.15, 0.2) is 106 Å². The molecule has 0 saturated carbocycles. The molecular formula is C22H20N4O3S. The monoisotopic (exact) mass is 420 g/mol. The summed E-state index contributed by atoms with van der Waals surface area (Å²) in [5.74, 6) is -0.456. The predicted octanol–water partition coefficient (Wildman–Crippen LogP) is 3.69. The number of anilines is 1. The first kappa shape index (κ1) is 20.9. The number of benzene rings is 3. The molecule has 1 amide bonds. The van der Waals surface area contributed by atoms with Crippen molar-refractivity contribution in [2.24, 2.45) is 10.2 Å². The Labute approximate surface area is 175 Å². The van der Waals surface area contributed by atoms with Crippen molar-refractivity contribution in [3.63, 3.8) is 0 Å². The lowest BCUT2D eigenvalue weighted by Crippen LogP contribution is -2.28. The molecule has 2 N–H and O–H groups in total. The number of amides is 1. The quantitative estimate of drug-likeness (QED) is 0.361. The summed E-state index contributed by atoms with van der Waals surface area (Å²) in [6.07, 6.45) is 0. The molecule has 0 saturated heterocycles. The molecule has 0 heterocycles. The summed E-state index contributed by atoms with van der Waals surface area (Å²) in [5, 5.41) is 7.76. The third kappa shape index (κ3) is 5.18. The van der Waals surface area contributed by atoms with Crippen molar-refractivity contribution in [2.45, 2.75) is 11.8 Å². The third-order valence-electron chi connectivity index (χ3n) is 4.04. The highest BCUT2D eigenvalue weighted by molar-refractivity contribution is 8.08. The number of para-hydroxylation sites is 1. The van der Waals surface area contributed by atoms with Gasteiger partial charge in [0.25, 0.3) is 5.91 Å². The molecule has 30 heavy (non-hydrogen) atoms. The molecule has 3 aromatic carbocycles. The Hall–Kier alpha value is -3.78. The summed E-state index contributed by atoms with van der Waals surface area (Å²) < 4.78 is 26.3. The van der Waals surface area contributed by atoms with Gasteiger partial charge in [-0.2, -0.15) is 10.2 Å². The van der Waals surface area contributed by atoms with E-state index >= 15 is 0 Å². The molecule has 0 radical (unpaired) electrons. The second-order valence-electron chi connectivity index (χ2n) is 6.22. The highest BCUT2D eigenvalue weighted by atomic mass is 32.2. The van der Waals surface area contributed by atoms with E-state index in [2.05, 4.69) is 21.1 Å². The normalized spacial score (nSPS) is 12.3. The molecule has 3 aromatic rings. The molecule has 7 nitrogen and oxygen atoms in total. The molecule has 3 rings (SSSR count). The van der Waals surface area contributed by atoms with E-state index in [1.165, 1.54) is 19.1 Å². The zero-order chi connectivity index (χ0) is 21.4. The number of hydrogen-bond donors (Lipinski definition) is 2. The fourth-order valence-corrected chi connectivity index (χ4v) is 3.85. The number of hydrazone groups is 2. The van der Waals surface area contributed by atoms with Gasteiger partial charge in [-0.25, -0.2) is 13.8 Å². The summed E-state index contributed by atoms with van der Waals surface area (Å²) in [5.41, 5.74) is 6.16. The number of hydrogen-bond acceptors (Lipinski definition) is 6. The Morgan fingerprint density at radius 3 is 1.90 bits per heavy atom. The number of nitrogens with one attached hydrogen (secondary N) is 2. The van der Waals surface area contributed by atoms with Gasteiger partial charge in [0.05, 0.1) is 16.3 Å². The maximum absolute atomic E-state index is 13.1. The number of sulfone groups is 1. The maximum Gasteiger partial charge on any atom is 0.271 e. The molecule has 8 heteroatoms. The molecule has 152 valence electrons. The van der Waals surface area contributed by atoms with Crippen molar-refractivity contribution in [1.29, 1.82) is 0 Å². The average molecular weight is 420 g/mol. The van der Waals surface area contributed by atoms with Crippen molar-refractivity contribution in [3.8, 4) is 0 Å². The van der Waals surface area contributed by atoms with Crippen LogP contribution in [0.1, 0.15) is 17.3 Å². The zero-order valence-corrected chi connectivity index (χ0v) is 17.0. The molecule has 0 aliphatic carbocycles. The van der Waals surface area contributed by atoms with Crippen LogP contribution >= 0.6 is 0 Å². The summed E-state index contributed by atoms with van der Waals surface area (Å²) in [4.78, 5) is 12.3.